The molecule has 1 aliphatic carbocycles. The summed E-state index contributed by atoms with van der Waals surface area (Å²) in [5.74, 6) is 0. The lowest BCUT2D eigenvalue weighted by molar-refractivity contribution is 0.666. The zero-order valence-corrected chi connectivity index (χ0v) is 6.77. The summed E-state index contributed by atoms with van der Waals surface area (Å²) in [6, 6.07) is 0. The van der Waals surface area contributed by atoms with Crippen LogP contribution in [0.2, 0.25) is 0 Å². The molecule has 2 nitrogen and oxygen atoms in total. The topological polar surface area (TPSA) is 35.8 Å². The smallest absolute Gasteiger partial charge is 0.176 e. The van der Waals surface area contributed by atoms with Crippen molar-refractivity contribution in [3.8, 4) is 6.19 Å². The fraction of sp³-hybridized carbons (Fsp3) is 0.667. The Morgan fingerprint density at radius 3 is 3.09 bits per heavy atom. The summed E-state index contributed by atoms with van der Waals surface area (Å²) in [7, 11) is 0. The summed E-state index contributed by atoms with van der Waals surface area (Å²) >= 11 is 0. The third kappa shape index (κ3) is 3.08. The molecule has 0 fully saturated rings. The van der Waals surface area contributed by atoms with Gasteiger partial charge in [0.2, 0.25) is 0 Å². The van der Waals surface area contributed by atoms with E-state index >= 15 is 0 Å². The Labute approximate surface area is 67.9 Å². The van der Waals surface area contributed by atoms with Gasteiger partial charge in [0.05, 0.1) is 0 Å². The van der Waals surface area contributed by atoms with Crippen molar-refractivity contribution in [3.63, 3.8) is 0 Å². The first-order chi connectivity index (χ1) is 5.43. The van der Waals surface area contributed by atoms with Crippen molar-refractivity contribution in [2.24, 2.45) is 0 Å². The standard InChI is InChI=1S/C9H14N2/c10-8-11-7-6-9-4-2-1-3-5-9/h4,11H,1-3,5-7H2. The van der Waals surface area contributed by atoms with Crippen molar-refractivity contribution in [2.75, 3.05) is 6.54 Å². The van der Waals surface area contributed by atoms with Crippen molar-refractivity contribution in [2.45, 2.75) is 32.1 Å². The highest BCUT2D eigenvalue weighted by molar-refractivity contribution is 5.05. The molecule has 0 atom stereocenters. The van der Waals surface area contributed by atoms with Crippen LogP contribution in [0, 0.1) is 11.5 Å². The van der Waals surface area contributed by atoms with Crippen molar-refractivity contribution >= 4 is 0 Å². The van der Waals surface area contributed by atoms with Gasteiger partial charge in [-0.3, -0.25) is 0 Å². The van der Waals surface area contributed by atoms with E-state index in [0.717, 1.165) is 13.0 Å². The zero-order chi connectivity index (χ0) is 7.94. The van der Waals surface area contributed by atoms with Crippen LogP contribution in [0.25, 0.3) is 0 Å². The van der Waals surface area contributed by atoms with Gasteiger partial charge in [0.25, 0.3) is 0 Å². The van der Waals surface area contributed by atoms with E-state index in [0.29, 0.717) is 0 Å². The summed E-state index contributed by atoms with van der Waals surface area (Å²) in [5, 5.41) is 10.9. The molecule has 60 valence electrons. The highest BCUT2D eigenvalue weighted by Gasteiger charge is 2.01. The Bertz CT molecular complexity index is 176. The average molecular weight is 150 g/mol. The third-order valence-corrected chi connectivity index (χ3v) is 2.04. The second-order valence-corrected chi connectivity index (χ2v) is 2.90. The van der Waals surface area contributed by atoms with E-state index in [1.807, 2.05) is 6.19 Å². The number of allylic oxidation sites excluding steroid dienone is 1. The summed E-state index contributed by atoms with van der Waals surface area (Å²) in [4.78, 5) is 0. The molecular weight excluding hydrogens is 136 g/mol. The molecule has 1 aliphatic rings. The number of nitriles is 1. The van der Waals surface area contributed by atoms with Crippen LogP contribution in [-0.4, -0.2) is 6.54 Å². The Morgan fingerprint density at radius 1 is 1.55 bits per heavy atom. The largest absolute Gasteiger partial charge is 0.324 e. The first-order valence-electron chi connectivity index (χ1n) is 4.23. The summed E-state index contributed by atoms with van der Waals surface area (Å²) in [6.45, 7) is 0.808. The van der Waals surface area contributed by atoms with E-state index < -0.39 is 0 Å². The predicted molar refractivity (Wildman–Crippen MR) is 44.8 cm³/mol. The van der Waals surface area contributed by atoms with Gasteiger partial charge < -0.3 is 5.32 Å². The second kappa shape index (κ2) is 4.79. The number of hydrogen-bond donors (Lipinski definition) is 1. The minimum absolute atomic E-state index is 0.808. The molecule has 0 aromatic heterocycles. The van der Waals surface area contributed by atoms with Crippen LogP contribution >= 0.6 is 0 Å². The molecular formula is C9H14N2. The number of hydrogen-bond acceptors (Lipinski definition) is 2. The van der Waals surface area contributed by atoms with E-state index in [9.17, 15) is 0 Å². The Hall–Kier alpha value is -0.970. The molecule has 2 heteroatoms. The second-order valence-electron chi connectivity index (χ2n) is 2.90. The molecule has 0 heterocycles. The molecule has 0 aromatic rings. The van der Waals surface area contributed by atoms with Gasteiger partial charge in [-0.1, -0.05) is 11.6 Å². The quantitative estimate of drug-likeness (QED) is 0.289. The molecule has 11 heavy (non-hydrogen) atoms. The average Bonchev–Trinajstić information content (AvgIpc) is 2.07. The van der Waals surface area contributed by atoms with Crippen LogP contribution in [-0.2, 0) is 0 Å². The molecule has 0 spiro atoms. The van der Waals surface area contributed by atoms with Gasteiger partial charge in [-0.15, -0.1) is 0 Å². The molecule has 0 aromatic carbocycles. The highest BCUT2D eigenvalue weighted by Crippen LogP contribution is 2.19. The molecule has 0 unspecified atom stereocenters. The van der Waals surface area contributed by atoms with Gasteiger partial charge in [-0.05, 0) is 32.1 Å². The van der Waals surface area contributed by atoms with E-state index in [1.165, 1.54) is 31.3 Å². The SMILES string of the molecule is N#CNCCC1=CCCCC1. The van der Waals surface area contributed by atoms with E-state index in [1.54, 1.807) is 0 Å². The van der Waals surface area contributed by atoms with Crippen LogP contribution < -0.4 is 5.32 Å². The molecule has 0 bridgehead atoms. The van der Waals surface area contributed by atoms with Gasteiger partial charge in [0.1, 0.15) is 0 Å². The maximum atomic E-state index is 8.22. The lowest BCUT2D eigenvalue weighted by Gasteiger charge is -2.11. The van der Waals surface area contributed by atoms with E-state index in [-0.39, 0.29) is 0 Å². The Balaban J connectivity index is 2.15. The maximum absolute atomic E-state index is 8.22. The van der Waals surface area contributed by atoms with Crippen molar-refractivity contribution in [1.29, 1.82) is 5.26 Å². The first kappa shape index (κ1) is 8.13. The number of nitrogens with one attached hydrogen (secondary N) is 1. The molecule has 0 saturated carbocycles. The molecule has 1 N–H and O–H groups in total. The Morgan fingerprint density at radius 2 is 2.45 bits per heavy atom. The van der Waals surface area contributed by atoms with Crippen LogP contribution in [0.1, 0.15) is 32.1 Å². The summed E-state index contributed by atoms with van der Waals surface area (Å²) < 4.78 is 0. The Kier molecular flexibility index (Phi) is 3.54. The lowest BCUT2D eigenvalue weighted by Crippen LogP contribution is -2.08. The number of nitrogens with zero attached hydrogens (tertiary/aromatic N) is 1. The molecule has 0 amide bonds. The third-order valence-electron chi connectivity index (χ3n) is 2.04. The van der Waals surface area contributed by atoms with E-state index in [2.05, 4.69) is 11.4 Å². The molecule has 0 radical (unpaired) electrons. The fourth-order valence-electron chi connectivity index (χ4n) is 1.41. The van der Waals surface area contributed by atoms with Crippen LogP contribution in [0.5, 0.6) is 0 Å². The van der Waals surface area contributed by atoms with Crippen LogP contribution in [0.15, 0.2) is 11.6 Å². The fourth-order valence-corrected chi connectivity index (χ4v) is 1.41. The molecule has 0 aliphatic heterocycles. The predicted octanol–water partition coefficient (Wildman–Crippen LogP) is 1.95. The van der Waals surface area contributed by atoms with Gasteiger partial charge in [0.15, 0.2) is 6.19 Å². The normalized spacial score (nSPS) is 16.8. The van der Waals surface area contributed by atoms with Crippen molar-refractivity contribution in [1.82, 2.24) is 5.32 Å². The highest BCUT2D eigenvalue weighted by atomic mass is 14.8. The monoisotopic (exact) mass is 150 g/mol. The first-order valence-corrected chi connectivity index (χ1v) is 4.23. The van der Waals surface area contributed by atoms with Gasteiger partial charge in [-0.2, -0.15) is 5.26 Å². The lowest BCUT2D eigenvalue weighted by atomic mass is 9.97. The number of rotatable bonds is 3. The zero-order valence-electron chi connectivity index (χ0n) is 6.77. The van der Waals surface area contributed by atoms with Crippen molar-refractivity contribution in [3.05, 3.63) is 11.6 Å². The van der Waals surface area contributed by atoms with Crippen molar-refractivity contribution < 1.29 is 0 Å². The van der Waals surface area contributed by atoms with Gasteiger partial charge >= 0.3 is 0 Å². The van der Waals surface area contributed by atoms with Gasteiger partial charge in [-0.25, -0.2) is 0 Å². The van der Waals surface area contributed by atoms with E-state index in [4.69, 9.17) is 5.26 Å². The molecule has 1 rings (SSSR count). The maximum Gasteiger partial charge on any atom is 0.176 e. The molecule has 0 saturated heterocycles. The minimum Gasteiger partial charge on any atom is -0.324 e. The summed E-state index contributed by atoms with van der Waals surface area (Å²) in [5.41, 5.74) is 1.53. The summed E-state index contributed by atoms with van der Waals surface area (Å²) in [6.07, 6.45) is 10.5. The van der Waals surface area contributed by atoms with Gasteiger partial charge in [0, 0.05) is 6.54 Å². The van der Waals surface area contributed by atoms with Crippen LogP contribution in [0.4, 0.5) is 0 Å². The minimum atomic E-state index is 0.808. The van der Waals surface area contributed by atoms with Crippen LogP contribution in [0.3, 0.4) is 0 Å².